The highest BCUT2D eigenvalue weighted by Crippen LogP contribution is 2.32. The van der Waals surface area contributed by atoms with Gasteiger partial charge in [-0.05, 0) is 55.0 Å². The van der Waals surface area contributed by atoms with Gasteiger partial charge in [-0.2, -0.15) is 4.98 Å². The highest BCUT2D eigenvalue weighted by atomic mass is 19.1. The van der Waals surface area contributed by atoms with E-state index in [4.69, 9.17) is 9.72 Å². The number of aromatic nitrogens is 3. The molecule has 0 bridgehead atoms. The average Bonchev–Trinajstić information content (AvgIpc) is 2.85. The molecule has 38 heavy (non-hydrogen) atoms. The zero-order chi connectivity index (χ0) is 27.3. The Morgan fingerprint density at radius 3 is 2.58 bits per heavy atom. The van der Waals surface area contributed by atoms with Gasteiger partial charge in [-0.1, -0.05) is 20.8 Å². The summed E-state index contributed by atoms with van der Waals surface area (Å²) in [7, 11) is 0. The Kier molecular flexibility index (Phi) is 8.73. The number of pyridine rings is 1. The van der Waals surface area contributed by atoms with Crippen molar-refractivity contribution in [1.82, 2.24) is 25.2 Å². The van der Waals surface area contributed by atoms with Crippen molar-refractivity contribution >= 4 is 28.7 Å². The van der Waals surface area contributed by atoms with Gasteiger partial charge in [0, 0.05) is 55.6 Å². The molecule has 2 aromatic heterocycles. The minimum atomic E-state index is -0.486. The number of halogens is 1. The Morgan fingerprint density at radius 1 is 1.08 bits per heavy atom. The van der Waals surface area contributed by atoms with Crippen LogP contribution in [0.3, 0.4) is 0 Å². The van der Waals surface area contributed by atoms with Crippen molar-refractivity contribution in [3.63, 3.8) is 0 Å². The number of nitrogens with one attached hydrogen (secondary N) is 3. The second-order valence-electron chi connectivity index (χ2n) is 10.9. The summed E-state index contributed by atoms with van der Waals surface area (Å²) in [4.78, 5) is 28.5. The van der Waals surface area contributed by atoms with Crippen molar-refractivity contribution < 1.29 is 13.9 Å². The molecule has 1 aliphatic heterocycles. The molecule has 0 spiro atoms. The summed E-state index contributed by atoms with van der Waals surface area (Å²) in [6.45, 7) is 15.6. The van der Waals surface area contributed by atoms with Crippen LogP contribution >= 0.6 is 0 Å². The molecule has 0 atom stereocenters. The molecule has 0 radical (unpaired) electrons. The van der Waals surface area contributed by atoms with Gasteiger partial charge in [0.1, 0.15) is 5.82 Å². The van der Waals surface area contributed by atoms with Crippen molar-refractivity contribution in [1.29, 1.82) is 0 Å². The molecule has 1 aromatic carbocycles. The van der Waals surface area contributed by atoms with Crippen molar-refractivity contribution in [3.05, 3.63) is 41.5 Å². The molecular formula is C28H38FN7O2. The van der Waals surface area contributed by atoms with Crippen LogP contribution in [0, 0.1) is 25.1 Å². The quantitative estimate of drug-likeness (QED) is 0.391. The summed E-state index contributed by atoms with van der Waals surface area (Å²) in [5, 5.41) is 9.52. The van der Waals surface area contributed by atoms with Crippen molar-refractivity contribution in [2.75, 3.05) is 56.6 Å². The first-order chi connectivity index (χ1) is 18.1. The SMILES string of the molecule is Cc1cc(F)c(NC(=O)NCCC(C)(C)C)cc1-c1cc2cnc(NCCN3CCOCC3)nc2nc1C. The molecule has 2 amide bonds. The number of fused-ring (bicyclic) bond motifs is 1. The lowest BCUT2D eigenvalue weighted by molar-refractivity contribution is 0.0398. The van der Waals surface area contributed by atoms with E-state index in [1.54, 1.807) is 12.3 Å². The van der Waals surface area contributed by atoms with Crippen LogP contribution in [0.2, 0.25) is 0 Å². The third kappa shape index (κ3) is 7.35. The van der Waals surface area contributed by atoms with Gasteiger partial charge in [0.25, 0.3) is 0 Å². The second-order valence-corrected chi connectivity index (χ2v) is 10.9. The van der Waals surface area contributed by atoms with E-state index >= 15 is 0 Å². The molecule has 0 unspecified atom stereocenters. The average molecular weight is 524 g/mol. The van der Waals surface area contributed by atoms with Crippen molar-refractivity contribution in [2.45, 2.75) is 41.0 Å². The molecule has 4 rings (SSSR count). The van der Waals surface area contributed by atoms with E-state index in [0.29, 0.717) is 18.1 Å². The standard InChI is InChI=1S/C28H38FN7O2/c1-18-14-23(29)24(34-27(37)31-7-6-28(3,4)5)16-21(18)22-15-20-17-32-26(35-25(20)33-19(22)2)30-8-9-36-10-12-38-13-11-36/h14-17H,6-13H2,1-5H3,(H2,31,34,37)(H,30,32,33,35). The van der Waals surface area contributed by atoms with Crippen LogP contribution in [0.5, 0.6) is 0 Å². The maximum absolute atomic E-state index is 14.7. The summed E-state index contributed by atoms with van der Waals surface area (Å²) in [5.74, 6) is 0.0482. The maximum Gasteiger partial charge on any atom is 0.319 e. The summed E-state index contributed by atoms with van der Waals surface area (Å²) < 4.78 is 20.1. The first kappa shape index (κ1) is 27.7. The van der Waals surface area contributed by atoms with E-state index < -0.39 is 11.8 Å². The predicted octanol–water partition coefficient (Wildman–Crippen LogP) is 4.75. The minimum Gasteiger partial charge on any atom is -0.379 e. The number of hydrogen-bond donors (Lipinski definition) is 3. The zero-order valence-corrected chi connectivity index (χ0v) is 22.9. The van der Waals surface area contributed by atoms with Gasteiger partial charge >= 0.3 is 6.03 Å². The van der Waals surface area contributed by atoms with Gasteiger partial charge in [-0.3, -0.25) is 4.90 Å². The number of hydrogen-bond acceptors (Lipinski definition) is 7. The molecule has 1 fully saturated rings. The first-order valence-corrected chi connectivity index (χ1v) is 13.1. The van der Waals surface area contributed by atoms with Gasteiger partial charge in [0.15, 0.2) is 5.65 Å². The summed E-state index contributed by atoms with van der Waals surface area (Å²) in [6, 6.07) is 4.62. The Morgan fingerprint density at radius 2 is 1.84 bits per heavy atom. The van der Waals surface area contributed by atoms with E-state index in [2.05, 4.69) is 51.6 Å². The number of morpholine rings is 1. The lowest BCUT2D eigenvalue weighted by Gasteiger charge is -2.26. The lowest BCUT2D eigenvalue weighted by atomic mass is 9.92. The number of amides is 2. The zero-order valence-electron chi connectivity index (χ0n) is 22.9. The van der Waals surface area contributed by atoms with Crippen LogP contribution in [0.25, 0.3) is 22.2 Å². The Labute approximate surface area is 223 Å². The fourth-order valence-electron chi connectivity index (χ4n) is 4.34. The normalized spacial score (nSPS) is 14.5. The van der Waals surface area contributed by atoms with E-state index in [0.717, 1.165) is 73.6 Å². The molecule has 204 valence electrons. The molecule has 10 heteroatoms. The molecular weight excluding hydrogens is 485 g/mol. The summed E-state index contributed by atoms with van der Waals surface area (Å²) >= 11 is 0. The van der Waals surface area contributed by atoms with Gasteiger partial charge in [0.2, 0.25) is 5.95 Å². The van der Waals surface area contributed by atoms with Gasteiger partial charge in [-0.15, -0.1) is 0 Å². The molecule has 3 heterocycles. The number of rotatable bonds is 8. The van der Waals surface area contributed by atoms with E-state index in [-0.39, 0.29) is 11.1 Å². The second kappa shape index (κ2) is 12.0. The number of benzene rings is 1. The lowest BCUT2D eigenvalue weighted by Crippen LogP contribution is -2.39. The third-order valence-corrected chi connectivity index (χ3v) is 6.59. The largest absolute Gasteiger partial charge is 0.379 e. The van der Waals surface area contributed by atoms with Crippen LogP contribution in [-0.4, -0.2) is 71.8 Å². The molecule has 1 aliphatic rings. The smallest absolute Gasteiger partial charge is 0.319 e. The van der Waals surface area contributed by atoms with Crippen LogP contribution in [-0.2, 0) is 4.74 Å². The summed E-state index contributed by atoms with van der Waals surface area (Å²) in [5.41, 5.74) is 3.93. The topological polar surface area (TPSA) is 104 Å². The Balaban J connectivity index is 1.48. The number of aryl methyl sites for hydroxylation is 2. The monoisotopic (exact) mass is 523 g/mol. The van der Waals surface area contributed by atoms with Crippen LogP contribution in [0.15, 0.2) is 24.4 Å². The van der Waals surface area contributed by atoms with E-state index in [1.807, 2.05) is 19.9 Å². The number of urea groups is 1. The van der Waals surface area contributed by atoms with Crippen LogP contribution in [0.4, 0.5) is 20.8 Å². The van der Waals surface area contributed by atoms with Gasteiger partial charge in [0.05, 0.1) is 18.9 Å². The number of nitrogens with zero attached hydrogens (tertiary/aromatic N) is 4. The molecule has 3 N–H and O–H groups in total. The van der Waals surface area contributed by atoms with Crippen molar-refractivity contribution in [3.8, 4) is 11.1 Å². The Hall–Kier alpha value is -3.37. The Bertz CT molecular complexity index is 1290. The number of anilines is 2. The summed E-state index contributed by atoms with van der Waals surface area (Å²) in [6.07, 6.45) is 2.56. The number of carbonyl (C=O) groups is 1. The molecule has 9 nitrogen and oxygen atoms in total. The number of carbonyl (C=O) groups excluding carboxylic acids is 1. The highest BCUT2D eigenvalue weighted by Gasteiger charge is 2.16. The molecule has 3 aromatic rings. The maximum atomic E-state index is 14.7. The number of ether oxygens (including phenoxy) is 1. The first-order valence-electron chi connectivity index (χ1n) is 13.1. The van der Waals surface area contributed by atoms with E-state index in [1.165, 1.54) is 6.07 Å². The minimum absolute atomic E-state index is 0.0968. The predicted molar refractivity (Wildman–Crippen MR) is 149 cm³/mol. The fourth-order valence-corrected chi connectivity index (χ4v) is 4.34. The van der Waals surface area contributed by atoms with Gasteiger partial charge in [-0.25, -0.2) is 19.2 Å². The third-order valence-electron chi connectivity index (χ3n) is 6.59. The molecule has 0 aliphatic carbocycles. The van der Waals surface area contributed by atoms with Crippen LogP contribution < -0.4 is 16.0 Å². The highest BCUT2D eigenvalue weighted by molar-refractivity contribution is 5.91. The van der Waals surface area contributed by atoms with Crippen LogP contribution in [0.1, 0.15) is 38.4 Å². The van der Waals surface area contributed by atoms with E-state index in [9.17, 15) is 9.18 Å². The molecule has 0 saturated carbocycles. The van der Waals surface area contributed by atoms with Gasteiger partial charge < -0.3 is 20.7 Å². The molecule has 1 saturated heterocycles. The fraction of sp³-hybridized carbons (Fsp3) is 0.500. The van der Waals surface area contributed by atoms with Crippen molar-refractivity contribution in [2.24, 2.45) is 5.41 Å².